The van der Waals surface area contributed by atoms with E-state index in [0.717, 1.165) is 47.7 Å². The van der Waals surface area contributed by atoms with Gasteiger partial charge in [-0.25, -0.2) is 0 Å². The Morgan fingerprint density at radius 2 is 1.00 bits per heavy atom. The van der Waals surface area contributed by atoms with Gasteiger partial charge in [0, 0.05) is 84.3 Å². The van der Waals surface area contributed by atoms with Gasteiger partial charge in [-0.15, -0.1) is 0 Å². The molecule has 43 heavy (non-hydrogen) atoms. The zero-order chi connectivity index (χ0) is 30.2. The van der Waals surface area contributed by atoms with Crippen molar-refractivity contribution in [1.82, 2.24) is 0 Å². The summed E-state index contributed by atoms with van der Waals surface area (Å²) in [6, 6.07) is 19.1. The Kier molecular flexibility index (Phi) is 9.40. The lowest BCUT2D eigenvalue weighted by molar-refractivity contribution is -0.961. The molecule has 0 aliphatic carbocycles. The molecule has 6 rings (SSSR count). The number of esters is 2. The average Bonchev–Trinajstić information content (AvgIpc) is 3.21. The van der Waals surface area contributed by atoms with Gasteiger partial charge in [-0.3, -0.25) is 9.59 Å². The van der Waals surface area contributed by atoms with Gasteiger partial charge < -0.3 is 18.4 Å². The number of ether oxygens (including phenoxy) is 2. The van der Waals surface area contributed by atoms with Crippen LogP contribution >= 0.6 is 31.9 Å². The van der Waals surface area contributed by atoms with E-state index in [0.29, 0.717) is 30.6 Å². The van der Waals surface area contributed by atoms with Crippen LogP contribution in [-0.4, -0.2) is 71.4 Å². The maximum Gasteiger partial charge on any atom is 0.306 e. The summed E-state index contributed by atoms with van der Waals surface area (Å²) in [5.41, 5.74) is 2.69. The number of carbonyl (C=O) groups excluding carboxylic acids is 2. The minimum absolute atomic E-state index is 0.0102. The van der Waals surface area contributed by atoms with Crippen molar-refractivity contribution in [2.45, 2.75) is 120 Å². The zero-order valence-electron chi connectivity index (χ0n) is 25.6. The minimum atomic E-state index is -0.171. The highest BCUT2D eigenvalue weighted by Crippen LogP contribution is 2.45. The lowest BCUT2D eigenvalue weighted by Crippen LogP contribution is -2.58. The highest BCUT2D eigenvalue weighted by molar-refractivity contribution is 9.10. The van der Waals surface area contributed by atoms with Gasteiger partial charge in [-0.05, 0) is 18.6 Å². The van der Waals surface area contributed by atoms with Crippen molar-refractivity contribution in [1.29, 1.82) is 0 Å². The summed E-state index contributed by atoms with van der Waals surface area (Å²) >= 11 is 7.45. The number of quaternary nitrogens is 2. The second-order valence-electron chi connectivity index (χ2n) is 14.0. The fourth-order valence-corrected chi connectivity index (χ4v) is 9.77. The molecule has 0 saturated carbocycles. The van der Waals surface area contributed by atoms with E-state index < -0.39 is 0 Å². The Hall–Kier alpha value is -1.74. The molecule has 4 aliphatic heterocycles. The van der Waals surface area contributed by atoms with Crippen LogP contribution in [-0.2, 0) is 32.2 Å². The van der Waals surface area contributed by atoms with Gasteiger partial charge in [0.1, 0.15) is 25.3 Å². The summed E-state index contributed by atoms with van der Waals surface area (Å²) in [5, 5.41) is 0. The van der Waals surface area contributed by atoms with Crippen LogP contribution in [0.3, 0.4) is 0 Å². The Labute approximate surface area is 273 Å². The van der Waals surface area contributed by atoms with E-state index in [1.165, 1.54) is 45.8 Å². The molecular formula is C35H46Br2N2O4+2. The van der Waals surface area contributed by atoms with Crippen LogP contribution in [0.1, 0.15) is 81.8 Å². The predicted octanol–water partition coefficient (Wildman–Crippen LogP) is 7.45. The fraction of sp³-hybridized carbons (Fsp3) is 0.600. The van der Waals surface area contributed by atoms with E-state index >= 15 is 0 Å². The third-order valence-electron chi connectivity index (χ3n) is 11.4. The van der Waals surface area contributed by atoms with Crippen molar-refractivity contribution in [3.8, 4) is 0 Å². The van der Waals surface area contributed by atoms with E-state index in [1.54, 1.807) is 0 Å². The third kappa shape index (κ3) is 6.63. The molecule has 4 fully saturated rings. The summed E-state index contributed by atoms with van der Waals surface area (Å²) in [4.78, 5) is 25.5. The molecular weight excluding hydrogens is 672 g/mol. The number of hydrogen-bond acceptors (Lipinski definition) is 4. The van der Waals surface area contributed by atoms with Crippen LogP contribution in [0.5, 0.6) is 0 Å². The van der Waals surface area contributed by atoms with E-state index in [2.05, 4.69) is 94.5 Å². The van der Waals surface area contributed by atoms with Crippen molar-refractivity contribution in [3.63, 3.8) is 0 Å². The number of fused-ring (bicyclic) bond motifs is 4. The van der Waals surface area contributed by atoms with Crippen LogP contribution in [0.15, 0.2) is 57.5 Å². The molecule has 0 N–H and O–H groups in total. The SMILES string of the molecule is C[N+]1(Cc2ccccc2Br)C2CCC1CC(OC(=O)CCCC(=O)OC1CC3CCC(C1)[N+]3(C)Cc1ccccc1Br)C2. The second kappa shape index (κ2) is 12.9. The molecule has 4 heterocycles. The lowest BCUT2D eigenvalue weighted by Gasteiger charge is -2.47. The molecule has 4 atom stereocenters. The first kappa shape index (κ1) is 31.3. The quantitative estimate of drug-likeness (QED) is 0.189. The van der Waals surface area contributed by atoms with Crippen molar-refractivity contribution in [3.05, 3.63) is 68.6 Å². The molecule has 0 aromatic heterocycles. The van der Waals surface area contributed by atoms with Gasteiger partial charge in [0.15, 0.2) is 0 Å². The standard InChI is InChI=1S/C35H46Br2N2O4/c1-38(22-24-8-3-5-10-32(24)36)26-14-15-27(38)19-30(18-26)42-34(40)12-7-13-35(41)43-31-20-28-16-17-29(21-31)39(28,2)23-25-9-4-6-11-33(25)37/h3-6,8-11,26-31H,7,12-23H2,1-2H3/q+2. The maximum atomic E-state index is 12.8. The van der Waals surface area contributed by atoms with Gasteiger partial charge in [0.25, 0.3) is 0 Å². The van der Waals surface area contributed by atoms with Crippen LogP contribution in [0.4, 0.5) is 0 Å². The van der Waals surface area contributed by atoms with Crippen molar-refractivity contribution < 1.29 is 28.0 Å². The monoisotopic (exact) mass is 716 g/mol. The fourth-order valence-electron chi connectivity index (χ4n) is 8.95. The smallest absolute Gasteiger partial charge is 0.306 e. The minimum Gasteiger partial charge on any atom is -0.462 e. The highest BCUT2D eigenvalue weighted by atomic mass is 79.9. The summed E-state index contributed by atoms with van der Waals surface area (Å²) in [7, 11) is 4.76. The Balaban J connectivity index is 0.925. The largest absolute Gasteiger partial charge is 0.462 e. The van der Waals surface area contributed by atoms with Crippen LogP contribution < -0.4 is 0 Å². The van der Waals surface area contributed by atoms with Gasteiger partial charge in [0.2, 0.25) is 0 Å². The Bertz CT molecular complexity index is 1210. The molecule has 0 spiro atoms. The third-order valence-corrected chi connectivity index (χ3v) is 13.0. The number of halogens is 2. The van der Waals surface area contributed by atoms with Crippen LogP contribution in [0, 0.1) is 0 Å². The normalized spacial score (nSPS) is 34.6. The first-order valence-corrected chi connectivity index (χ1v) is 17.8. The zero-order valence-corrected chi connectivity index (χ0v) is 28.7. The molecule has 6 nitrogen and oxygen atoms in total. The number of piperidine rings is 2. The molecule has 232 valence electrons. The number of carbonyl (C=O) groups is 2. The van der Waals surface area contributed by atoms with E-state index in [4.69, 9.17) is 9.47 Å². The van der Waals surface area contributed by atoms with E-state index in [-0.39, 0.29) is 37.0 Å². The molecule has 4 bridgehead atoms. The number of nitrogens with zero attached hydrogens (tertiary/aromatic N) is 2. The second-order valence-corrected chi connectivity index (χ2v) is 15.7. The van der Waals surface area contributed by atoms with Gasteiger partial charge in [-0.2, -0.15) is 0 Å². The van der Waals surface area contributed by atoms with Gasteiger partial charge in [0.05, 0.1) is 38.3 Å². The average molecular weight is 719 g/mol. The molecule has 0 amide bonds. The van der Waals surface area contributed by atoms with E-state index in [1.807, 2.05) is 0 Å². The summed E-state index contributed by atoms with van der Waals surface area (Å²) in [6.07, 6.45) is 9.49. The molecule has 4 aliphatic rings. The number of benzene rings is 2. The molecule has 2 aromatic carbocycles. The van der Waals surface area contributed by atoms with Crippen LogP contribution in [0.25, 0.3) is 0 Å². The van der Waals surface area contributed by atoms with Crippen molar-refractivity contribution >= 4 is 43.8 Å². The molecule has 4 unspecified atom stereocenters. The van der Waals surface area contributed by atoms with Gasteiger partial charge >= 0.3 is 11.9 Å². The Morgan fingerprint density at radius 3 is 1.35 bits per heavy atom. The molecule has 2 aromatic rings. The summed E-state index contributed by atoms with van der Waals surface area (Å²) in [6.45, 7) is 2.01. The van der Waals surface area contributed by atoms with Crippen molar-refractivity contribution in [2.75, 3.05) is 14.1 Å². The first-order valence-electron chi connectivity index (χ1n) is 16.2. The Morgan fingerprint density at radius 1 is 0.651 bits per heavy atom. The molecule has 0 radical (unpaired) electrons. The molecule has 4 saturated heterocycles. The number of rotatable bonds is 10. The lowest BCUT2D eigenvalue weighted by atomic mass is 9.95. The predicted molar refractivity (Wildman–Crippen MR) is 174 cm³/mol. The summed E-state index contributed by atoms with van der Waals surface area (Å²) in [5.74, 6) is -0.343. The topological polar surface area (TPSA) is 52.6 Å². The van der Waals surface area contributed by atoms with Crippen molar-refractivity contribution in [2.24, 2.45) is 0 Å². The van der Waals surface area contributed by atoms with Crippen LogP contribution in [0.2, 0.25) is 0 Å². The first-order chi connectivity index (χ1) is 20.6. The summed E-state index contributed by atoms with van der Waals surface area (Å²) < 4.78 is 16.4. The number of hydrogen-bond donors (Lipinski definition) is 0. The maximum absolute atomic E-state index is 12.8. The van der Waals surface area contributed by atoms with Gasteiger partial charge in [-0.1, -0.05) is 68.3 Å². The molecule has 8 heteroatoms. The van der Waals surface area contributed by atoms with E-state index in [9.17, 15) is 9.59 Å². The highest BCUT2D eigenvalue weighted by Gasteiger charge is 2.53.